The summed E-state index contributed by atoms with van der Waals surface area (Å²) in [4.78, 5) is 16.7. The minimum absolute atomic E-state index is 0.114. The molecule has 182 valence electrons. The first kappa shape index (κ1) is 23.4. The maximum absolute atomic E-state index is 13.9. The van der Waals surface area contributed by atoms with E-state index in [4.69, 9.17) is 0 Å². The average Bonchev–Trinajstić information content (AvgIpc) is 3.38. The van der Waals surface area contributed by atoms with Gasteiger partial charge in [0.1, 0.15) is 6.54 Å². The molecule has 0 aliphatic rings. The number of aryl methyl sites for hydroxylation is 2. The second-order valence-electron chi connectivity index (χ2n) is 7.42. The summed E-state index contributed by atoms with van der Waals surface area (Å²) in [5, 5.41) is 7.22. The summed E-state index contributed by atoms with van der Waals surface area (Å²) in [6, 6.07) is 0. The molecule has 16 heteroatoms. The first-order valence-electron chi connectivity index (χ1n) is 9.28. The zero-order valence-corrected chi connectivity index (χ0v) is 17.2. The van der Waals surface area contributed by atoms with Crippen molar-refractivity contribution < 1.29 is 35.1 Å². The molecule has 4 heterocycles. The van der Waals surface area contributed by atoms with Gasteiger partial charge < -0.3 is 0 Å². The van der Waals surface area contributed by atoms with Gasteiger partial charge in [-0.05, 0) is 6.92 Å². The number of alkyl halides is 8. The van der Waals surface area contributed by atoms with Crippen LogP contribution >= 0.6 is 0 Å². The van der Waals surface area contributed by atoms with Gasteiger partial charge in [0.05, 0.1) is 23.6 Å². The highest BCUT2D eigenvalue weighted by atomic mass is 19.4. The van der Waals surface area contributed by atoms with E-state index in [-0.39, 0.29) is 4.68 Å². The van der Waals surface area contributed by atoms with Gasteiger partial charge in [-0.1, -0.05) is 0 Å². The third kappa shape index (κ3) is 3.81. The Hall–Kier alpha value is -3.72. The summed E-state index contributed by atoms with van der Waals surface area (Å²) < 4.78 is 109. The second kappa shape index (κ2) is 7.39. The molecule has 34 heavy (non-hydrogen) atoms. The van der Waals surface area contributed by atoms with E-state index in [2.05, 4.69) is 15.2 Å². The standard InChI is InChI=1S/C18H13F8N7O/c1-9-5-32-14(34)12(10-3-28-31(6-10)8-16(19,20)18(24,25)26)13(17(21,22)23)29-15(32)33(9)11-4-27-30(2)7-11/h3-7H,8H2,1-2H3. The summed E-state index contributed by atoms with van der Waals surface area (Å²) in [7, 11) is 1.57. The van der Waals surface area contributed by atoms with Crippen molar-refractivity contribution in [3.05, 3.63) is 52.7 Å². The molecule has 0 saturated carbocycles. The van der Waals surface area contributed by atoms with Gasteiger partial charge in [-0.2, -0.15) is 45.3 Å². The summed E-state index contributed by atoms with van der Waals surface area (Å²) >= 11 is 0. The third-order valence-corrected chi connectivity index (χ3v) is 4.88. The lowest BCUT2D eigenvalue weighted by atomic mass is 10.1. The Balaban J connectivity index is 1.92. The summed E-state index contributed by atoms with van der Waals surface area (Å²) in [5.41, 5.74) is -3.90. The maximum Gasteiger partial charge on any atom is 0.455 e. The average molecular weight is 495 g/mol. The van der Waals surface area contributed by atoms with Crippen LogP contribution in [-0.4, -0.2) is 45.6 Å². The Morgan fingerprint density at radius 2 is 1.62 bits per heavy atom. The summed E-state index contributed by atoms with van der Waals surface area (Å²) in [6.07, 6.45) is -5.94. The van der Waals surface area contributed by atoms with E-state index in [1.54, 1.807) is 7.05 Å². The highest BCUT2D eigenvalue weighted by Crippen LogP contribution is 2.38. The molecule has 0 unspecified atom stereocenters. The fourth-order valence-corrected chi connectivity index (χ4v) is 3.38. The van der Waals surface area contributed by atoms with Gasteiger partial charge in [-0.3, -0.25) is 23.1 Å². The number of hydrogen-bond acceptors (Lipinski definition) is 4. The topological polar surface area (TPSA) is 74.9 Å². The van der Waals surface area contributed by atoms with Crippen LogP contribution in [-0.2, 0) is 19.8 Å². The van der Waals surface area contributed by atoms with Gasteiger partial charge in [0.15, 0.2) is 5.69 Å². The molecule has 4 aromatic rings. The van der Waals surface area contributed by atoms with Gasteiger partial charge >= 0.3 is 18.3 Å². The molecule has 0 amide bonds. The molecule has 0 bridgehead atoms. The van der Waals surface area contributed by atoms with E-state index < -0.39 is 53.0 Å². The quantitative estimate of drug-likeness (QED) is 0.406. The lowest BCUT2D eigenvalue weighted by Crippen LogP contribution is -2.40. The SMILES string of the molecule is Cc1cn2c(=O)c(-c3cnn(CC(F)(F)C(F)(F)F)c3)c(C(F)(F)F)nc2n1-c1cnn(C)c1. The molecule has 0 saturated heterocycles. The number of imidazole rings is 1. The lowest BCUT2D eigenvalue weighted by Gasteiger charge is -2.19. The molecule has 0 fully saturated rings. The fraction of sp³-hybridized carbons (Fsp3) is 0.333. The lowest BCUT2D eigenvalue weighted by molar-refractivity contribution is -0.287. The van der Waals surface area contributed by atoms with Crippen molar-refractivity contribution in [2.24, 2.45) is 7.05 Å². The van der Waals surface area contributed by atoms with Crippen LogP contribution in [0, 0.1) is 6.92 Å². The van der Waals surface area contributed by atoms with Crippen LogP contribution < -0.4 is 5.56 Å². The predicted octanol–water partition coefficient (Wildman–Crippen LogP) is 3.61. The van der Waals surface area contributed by atoms with Crippen LogP contribution in [0.5, 0.6) is 0 Å². The van der Waals surface area contributed by atoms with Crippen molar-refractivity contribution in [3.63, 3.8) is 0 Å². The summed E-state index contributed by atoms with van der Waals surface area (Å²) in [5.74, 6) is -5.60. The Labute approximate surface area is 183 Å². The van der Waals surface area contributed by atoms with Crippen molar-refractivity contribution in [1.82, 2.24) is 33.5 Å². The number of nitrogens with zero attached hydrogens (tertiary/aromatic N) is 7. The van der Waals surface area contributed by atoms with E-state index in [9.17, 15) is 39.9 Å². The number of hydrogen-bond donors (Lipinski definition) is 0. The molecule has 4 aromatic heterocycles. The first-order chi connectivity index (χ1) is 15.6. The normalized spacial score (nSPS) is 13.2. The van der Waals surface area contributed by atoms with Gasteiger partial charge in [0.25, 0.3) is 5.56 Å². The number of fused-ring (bicyclic) bond motifs is 1. The van der Waals surface area contributed by atoms with Crippen LogP contribution in [0.15, 0.2) is 35.8 Å². The predicted molar refractivity (Wildman–Crippen MR) is 99.5 cm³/mol. The van der Waals surface area contributed by atoms with Gasteiger partial charge in [0, 0.05) is 36.9 Å². The van der Waals surface area contributed by atoms with E-state index in [0.717, 1.165) is 4.40 Å². The largest absolute Gasteiger partial charge is 0.455 e. The van der Waals surface area contributed by atoms with Gasteiger partial charge in [0.2, 0.25) is 5.78 Å². The van der Waals surface area contributed by atoms with Crippen LogP contribution in [0.3, 0.4) is 0 Å². The third-order valence-electron chi connectivity index (χ3n) is 4.88. The zero-order chi connectivity index (χ0) is 25.2. The number of halogens is 8. The highest BCUT2D eigenvalue weighted by Gasteiger charge is 2.57. The van der Waals surface area contributed by atoms with Crippen LogP contribution in [0.1, 0.15) is 11.4 Å². The fourth-order valence-electron chi connectivity index (χ4n) is 3.38. The Morgan fingerprint density at radius 3 is 2.18 bits per heavy atom. The van der Waals surface area contributed by atoms with Crippen LogP contribution in [0.2, 0.25) is 0 Å². The summed E-state index contributed by atoms with van der Waals surface area (Å²) in [6.45, 7) is -0.476. The van der Waals surface area contributed by atoms with E-state index in [1.165, 1.54) is 34.8 Å². The molecule has 0 N–H and O–H groups in total. The highest BCUT2D eigenvalue weighted by molar-refractivity contribution is 5.66. The van der Waals surface area contributed by atoms with Crippen molar-refractivity contribution in [1.29, 1.82) is 0 Å². The minimum atomic E-state index is -5.90. The molecule has 0 aliphatic carbocycles. The molecule has 4 rings (SSSR count). The van der Waals surface area contributed by atoms with Crippen molar-refractivity contribution in [2.45, 2.75) is 31.7 Å². The Morgan fingerprint density at radius 1 is 0.941 bits per heavy atom. The smallest absolute Gasteiger partial charge is 0.280 e. The molecule has 0 radical (unpaired) electrons. The van der Waals surface area contributed by atoms with E-state index in [1.807, 2.05) is 0 Å². The van der Waals surface area contributed by atoms with Crippen molar-refractivity contribution >= 4 is 5.78 Å². The van der Waals surface area contributed by atoms with Crippen molar-refractivity contribution in [3.8, 4) is 16.8 Å². The molecular formula is C18H13F8N7O. The molecular weight excluding hydrogens is 482 g/mol. The van der Waals surface area contributed by atoms with E-state index in [0.29, 0.717) is 23.8 Å². The van der Waals surface area contributed by atoms with E-state index >= 15 is 0 Å². The van der Waals surface area contributed by atoms with Crippen LogP contribution in [0.4, 0.5) is 35.1 Å². The first-order valence-corrected chi connectivity index (χ1v) is 9.28. The zero-order valence-electron chi connectivity index (χ0n) is 17.2. The Bertz CT molecular complexity index is 1440. The molecule has 0 atom stereocenters. The molecule has 8 nitrogen and oxygen atoms in total. The monoisotopic (exact) mass is 495 g/mol. The molecule has 0 spiro atoms. The minimum Gasteiger partial charge on any atom is -0.280 e. The number of rotatable bonds is 4. The second-order valence-corrected chi connectivity index (χ2v) is 7.42. The van der Waals surface area contributed by atoms with Gasteiger partial charge in [-0.15, -0.1) is 0 Å². The van der Waals surface area contributed by atoms with Crippen LogP contribution in [0.25, 0.3) is 22.6 Å². The maximum atomic E-state index is 13.9. The molecule has 0 aromatic carbocycles. The van der Waals surface area contributed by atoms with Gasteiger partial charge in [-0.25, -0.2) is 4.98 Å². The molecule has 0 aliphatic heterocycles. The van der Waals surface area contributed by atoms with Crippen molar-refractivity contribution in [2.75, 3.05) is 0 Å². The Kier molecular flexibility index (Phi) is 5.10. The number of aromatic nitrogens is 7.